The molecule has 0 aliphatic carbocycles. The van der Waals surface area contributed by atoms with E-state index >= 15 is 0 Å². The van der Waals surface area contributed by atoms with Crippen LogP contribution in [0.25, 0.3) is 0 Å². The van der Waals surface area contributed by atoms with Crippen molar-refractivity contribution in [3.05, 3.63) is 22.4 Å². The molecule has 1 aromatic rings. The first-order valence-electron chi connectivity index (χ1n) is 4.90. The zero-order valence-corrected chi connectivity index (χ0v) is 9.79. The van der Waals surface area contributed by atoms with Crippen molar-refractivity contribution in [2.75, 3.05) is 13.1 Å². The Morgan fingerprint density at radius 3 is 2.81 bits per heavy atom. The minimum atomic E-state index is -1.04. The second-order valence-corrected chi connectivity index (χ2v) is 4.18. The molecule has 0 aliphatic heterocycles. The van der Waals surface area contributed by atoms with Crippen molar-refractivity contribution in [3.63, 3.8) is 0 Å². The number of thiophene rings is 1. The number of carboxylic acid groups (broad SMARTS) is 1. The smallest absolute Gasteiger partial charge is 0.323 e. The van der Waals surface area contributed by atoms with Crippen LogP contribution in [0.5, 0.6) is 0 Å². The van der Waals surface area contributed by atoms with Crippen molar-refractivity contribution in [2.24, 2.45) is 0 Å². The number of nitrogens with one attached hydrogen (secondary N) is 1. The number of carbonyl (C=O) groups excluding carboxylic acids is 1. The summed E-state index contributed by atoms with van der Waals surface area (Å²) in [5.41, 5.74) is 0. The minimum absolute atomic E-state index is 0.347. The molecule has 2 N–H and O–H groups in total. The lowest BCUT2D eigenvalue weighted by Gasteiger charge is -2.19. The number of rotatable bonds is 5. The third kappa shape index (κ3) is 3.90. The van der Waals surface area contributed by atoms with Crippen molar-refractivity contribution in [3.8, 4) is 0 Å². The highest BCUT2D eigenvalue weighted by atomic mass is 32.1. The fourth-order valence-electron chi connectivity index (χ4n) is 1.18. The van der Waals surface area contributed by atoms with Crippen molar-refractivity contribution in [1.82, 2.24) is 10.2 Å². The number of nitrogens with zero attached hydrogens (tertiary/aromatic N) is 1. The van der Waals surface area contributed by atoms with E-state index in [4.69, 9.17) is 5.11 Å². The van der Waals surface area contributed by atoms with Crippen molar-refractivity contribution in [1.29, 1.82) is 0 Å². The van der Waals surface area contributed by atoms with E-state index < -0.39 is 5.97 Å². The van der Waals surface area contributed by atoms with E-state index in [1.54, 1.807) is 16.2 Å². The van der Waals surface area contributed by atoms with Crippen LogP contribution in [-0.4, -0.2) is 35.1 Å². The van der Waals surface area contributed by atoms with Gasteiger partial charge in [-0.25, -0.2) is 4.79 Å². The average molecular weight is 242 g/mol. The summed E-state index contributed by atoms with van der Waals surface area (Å²) in [6, 6.07) is 3.51. The lowest BCUT2D eigenvalue weighted by Crippen LogP contribution is -2.41. The quantitative estimate of drug-likeness (QED) is 0.819. The summed E-state index contributed by atoms with van der Waals surface area (Å²) in [4.78, 5) is 24.5. The molecule has 0 bridgehead atoms. The van der Waals surface area contributed by atoms with Crippen LogP contribution in [0, 0.1) is 0 Å². The van der Waals surface area contributed by atoms with Gasteiger partial charge in [0.25, 0.3) is 0 Å². The third-order valence-corrected chi connectivity index (χ3v) is 2.85. The molecule has 0 aliphatic rings. The van der Waals surface area contributed by atoms with Gasteiger partial charge in [-0.3, -0.25) is 4.79 Å². The first kappa shape index (κ1) is 12.5. The summed E-state index contributed by atoms with van der Waals surface area (Å²) >= 11 is 1.57. The van der Waals surface area contributed by atoms with Gasteiger partial charge in [-0.2, -0.15) is 0 Å². The van der Waals surface area contributed by atoms with Gasteiger partial charge < -0.3 is 15.3 Å². The Hall–Kier alpha value is -1.56. The van der Waals surface area contributed by atoms with Gasteiger partial charge in [0, 0.05) is 11.4 Å². The van der Waals surface area contributed by atoms with Crippen LogP contribution >= 0.6 is 11.3 Å². The van der Waals surface area contributed by atoms with Gasteiger partial charge in [-0.1, -0.05) is 6.07 Å². The van der Waals surface area contributed by atoms with Crippen LogP contribution in [0.4, 0.5) is 4.79 Å². The molecule has 0 aromatic carbocycles. The van der Waals surface area contributed by atoms with Gasteiger partial charge in [-0.15, -0.1) is 11.3 Å². The molecule has 0 saturated heterocycles. The molecule has 16 heavy (non-hydrogen) atoms. The van der Waals surface area contributed by atoms with E-state index in [1.165, 1.54) is 0 Å². The van der Waals surface area contributed by atoms with Crippen LogP contribution in [0.2, 0.25) is 0 Å². The zero-order chi connectivity index (χ0) is 12.0. The molecule has 0 radical (unpaired) electrons. The molecule has 0 saturated carbocycles. The lowest BCUT2D eigenvalue weighted by atomic mass is 10.4. The molecule has 2 amide bonds. The molecule has 1 aromatic heterocycles. The molecule has 88 valence electrons. The normalized spacial score (nSPS) is 9.81. The standard InChI is InChI=1S/C10H14N2O3S/c1-2-12(7-8-4-3-5-16-8)10(15)11-6-9(13)14/h3-5H,2,6-7H2,1H3,(H,11,15)(H,13,14). The first-order valence-corrected chi connectivity index (χ1v) is 5.78. The number of urea groups is 1. The summed E-state index contributed by atoms with van der Waals surface area (Å²) in [6.07, 6.45) is 0. The maximum atomic E-state index is 11.6. The molecular formula is C10H14N2O3S. The lowest BCUT2D eigenvalue weighted by molar-refractivity contribution is -0.135. The highest BCUT2D eigenvalue weighted by Crippen LogP contribution is 2.11. The number of hydrogen-bond acceptors (Lipinski definition) is 3. The first-order chi connectivity index (χ1) is 7.63. The van der Waals surface area contributed by atoms with Crippen molar-refractivity contribution in [2.45, 2.75) is 13.5 Å². The number of carboxylic acids is 1. The monoisotopic (exact) mass is 242 g/mol. The third-order valence-electron chi connectivity index (χ3n) is 1.99. The number of carbonyl (C=O) groups is 2. The molecule has 0 spiro atoms. The Balaban J connectivity index is 2.47. The summed E-state index contributed by atoms with van der Waals surface area (Å²) < 4.78 is 0. The molecule has 1 rings (SSSR count). The van der Waals surface area contributed by atoms with Crippen molar-refractivity contribution < 1.29 is 14.7 Å². The van der Waals surface area contributed by atoms with Crippen LogP contribution < -0.4 is 5.32 Å². The fourth-order valence-corrected chi connectivity index (χ4v) is 1.90. The molecule has 5 nitrogen and oxygen atoms in total. The average Bonchev–Trinajstić information content (AvgIpc) is 2.75. The Morgan fingerprint density at radius 1 is 1.56 bits per heavy atom. The van der Waals surface area contributed by atoms with E-state index in [2.05, 4.69) is 5.32 Å². The van der Waals surface area contributed by atoms with Crippen LogP contribution in [0.15, 0.2) is 17.5 Å². The largest absolute Gasteiger partial charge is 0.480 e. The Morgan fingerprint density at radius 2 is 2.31 bits per heavy atom. The Kier molecular flexibility index (Phi) is 4.78. The highest BCUT2D eigenvalue weighted by Gasteiger charge is 2.12. The zero-order valence-electron chi connectivity index (χ0n) is 8.97. The highest BCUT2D eigenvalue weighted by molar-refractivity contribution is 7.09. The van der Waals surface area contributed by atoms with Gasteiger partial charge in [0.05, 0.1) is 6.54 Å². The van der Waals surface area contributed by atoms with Crippen LogP contribution in [-0.2, 0) is 11.3 Å². The number of amides is 2. The maximum absolute atomic E-state index is 11.6. The van der Waals surface area contributed by atoms with Crippen LogP contribution in [0.3, 0.4) is 0 Å². The maximum Gasteiger partial charge on any atom is 0.323 e. The van der Waals surface area contributed by atoms with Gasteiger partial charge in [-0.05, 0) is 18.4 Å². The van der Waals surface area contributed by atoms with Gasteiger partial charge >= 0.3 is 12.0 Å². The molecule has 6 heteroatoms. The van der Waals surface area contributed by atoms with E-state index in [0.717, 1.165) is 4.88 Å². The van der Waals surface area contributed by atoms with E-state index in [-0.39, 0.29) is 12.6 Å². The van der Waals surface area contributed by atoms with Crippen LogP contribution in [0.1, 0.15) is 11.8 Å². The van der Waals surface area contributed by atoms with Crippen molar-refractivity contribution >= 4 is 23.3 Å². The summed E-state index contributed by atoms with van der Waals surface area (Å²) in [6.45, 7) is 2.57. The second-order valence-electron chi connectivity index (χ2n) is 3.15. The molecule has 1 heterocycles. The summed E-state index contributed by atoms with van der Waals surface area (Å²) in [5.74, 6) is -1.04. The Labute approximate surface area is 97.7 Å². The summed E-state index contributed by atoms with van der Waals surface area (Å²) in [5, 5.41) is 12.7. The molecular weight excluding hydrogens is 228 g/mol. The van der Waals surface area contributed by atoms with Gasteiger partial charge in [0.2, 0.25) is 0 Å². The number of hydrogen-bond donors (Lipinski definition) is 2. The molecule has 0 atom stereocenters. The number of aliphatic carboxylic acids is 1. The SMILES string of the molecule is CCN(Cc1cccs1)C(=O)NCC(=O)O. The van der Waals surface area contributed by atoms with Gasteiger partial charge in [0.1, 0.15) is 6.54 Å². The predicted octanol–water partition coefficient (Wildman–Crippen LogP) is 1.36. The fraction of sp³-hybridized carbons (Fsp3) is 0.400. The topological polar surface area (TPSA) is 69.6 Å². The van der Waals surface area contributed by atoms with E-state index in [9.17, 15) is 9.59 Å². The minimum Gasteiger partial charge on any atom is -0.480 e. The summed E-state index contributed by atoms with van der Waals surface area (Å²) in [7, 11) is 0. The Bertz CT molecular complexity index is 351. The molecule has 0 unspecified atom stereocenters. The molecule has 0 fully saturated rings. The van der Waals surface area contributed by atoms with Gasteiger partial charge in [0.15, 0.2) is 0 Å². The second kappa shape index (κ2) is 6.12. The van der Waals surface area contributed by atoms with E-state index in [1.807, 2.05) is 24.4 Å². The predicted molar refractivity (Wildman–Crippen MR) is 61.4 cm³/mol. The van der Waals surface area contributed by atoms with E-state index in [0.29, 0.717) is 13.1 Å².